The third-order valence-electron chi connectivity index (χ3n) is 7.57. The number of rotatable bonds is 22. The minimum Gasteiger partial charge on any atom is -0.466 e. The Bertz CT molecular complexity index is 1050. The molecule has 12 nitrogen and oxygen atoms in total. The number of amides is 1. The first-order valence-electron chi connectivity index (χ1n) is 15.9. The number of nitrogens with zero attached hydrogens (tertiary/aromatic N) is 1. The highest BCUT2D eigenvalue weighted by Gasteiger charge is 2.39. The van der Waals surface area contributed by atoms with Crippen LogP contribution in [0.4, 0.5) is 0 Å². The van der Waals surface area contributed by atoms with Gasteiger partial charge in [0.2, 0.25) is 5.91 Å². The SMILES string of the molecule is CCNC(=O)CCC/C=C\C[C@@H]1[C@@H](/C=C/[C@H](CCc2ccccc2)OC(=O)CCC(=O)OCCCCON(O)O)[C@H](O)C[C@@H]1O. The lowest BCUT2D eigenvalue weighted by Gasteiger charge is -2.21. The Morgan fingerprint density at radius 1 is 0.978 bits per heavy atom. The number of nitrogens with one attached hydrogen (secondary N) is 1. The molecule has 0 radical (unpaired) electrons. The molecule has 2 rings (SSSR count). The highest BCUT2D eigenvalue weighted by atomic mass is 17.1. The summed E-state index contributed by atoms with van der Waals surface area (Å²) in [4.78, 5) is 40.8. The van der Waals surface area contributed by atoms with E-state index in [-0.39, 0.29) is 55.6 Å². The van der Waals surface area contributed by atoms with Crippen molar-refractivity contribution in [2.24, 2.45) is 11.8 Å². The van der Waals surface area contributed by atoms with Crippen molar-refractivity contribution in [3.05, 3.63) is 60.2 Å². The summed E-state index contributed by atoms with van der Waals surface area (Å²) in [6.45, 7) is 2.65. The van der Waals surface area contributed by atoms with Crippen LogP contribution in [0.1, 0.15) is 76.7 Å². The van der Waals surface area contributed by atoms with E-state index in [2.05, 4.69) is 10.2 Å². The number of carbonyl (C=O) groups is 3. The van der Waals surface area contributed by atoms with Crippen LogP contribution in [0, 0.1) is 11.8 Å². The van der Waals surface area contributed by atoms with Gasteiger partial charge in [-0.25, -0.2) is 0 Å². The second-order valence-electron chi connectivity index (χ2n) is 11.1. The number of ether oxygens (including phenoxy) is 2. The Balaban J connectivity index is 1.91. The second kappa shape index (κ2) is 22.4. The van der Waals surface area contributed by atoms with E-state index in [1.54, 1.807) is 6.08 Å². The van der Waals surface area contributed by atoms with Gasteiger partial charge in [-0.2, -0.15) is 0 Å². The molecule has 0 spiro atoms. The summed E-state index contributed by atoms with van der Waals surface area (Å²) in [6.07, 6.45) is 10.1. The molecule has 12 heteroatoms. The molecular weight excluding hydrogens is 584 g/mol. The van der Waals surface area contributed by atoms with Crippen LogP contribution in [0.15, 0.2) is 54.6 Å². The van der Waals surface area contributed by atoms with Crippen molar-refractivity contribution in [1.82, 2.24) is 10.7 Å². The lowest BCUT2D eigenvalue weighted by Crippen LogP contribution is -2.22. The zero-order chi connectivity index (χ0) is 32.9. The van der Waals surface area contributed by atoms with Gasteiger partial charge in [0.25, 0.3) is 0 Å². The Kier molecular flexibility index (Phi) is 18.9. The van der Waals surface area contributed by atoms with Gasteiger partial charge < -0.3 is 25.0 Å². The Hall–Kier alpha value is -3.13. The molecule has 1 aromatic carbocycles. The van der Waals surface area contributed by atoms with Crippen molar-refractivity contribution in [2.45, 2.75) is 95.9 Å². The second-order valence-corrected chi connectivity index (χ2v) is 11.1. The summed E-state index contributed by atoms with van der Waals surface area (Å²) < 4.78 is 10.8. The fourth-order valence-corrected chi connectivity index (χ4v) is 5.18. The fourth-order valence-electron chi connectivity index (χ4n) is 5.18. The summed E-state index contributed by atoms with van der Waals surface area (Å²) >= 11 is 0. The Morgan fingerprint density at radius 3 is 2.44 bits per heavy atom. The predicted octanol–water partition coefficient (Wildman–Crippen LogP) is 3.81. The van der Waals surface area contributed by atoms with Gasteiger partial charge in [0.05, 0.1) is 43.7 Å². The molecule has 0 bridgehead atoms. The number of aryl methyl sites for hydroxylation is 1. The average molecular weight is 635 g/mol. The first-order chi connectivity index (χ1) is 21.7. The number of hydrogen-bond donors (Lipinski definition) is 5. The maximum Gasteiger partial charge on any atom is 0.306 e. The minimum absolute atomic E-state index is 0.0339. The van der Waals surface area contributed by atoms with E-state index in [1.165, 1.54) is 0 Å². The lowest BCUT2D eigenvalue weighted by atomic mass is 9.89. The zero-order valence-electron chi connectivity index (χ0n) is 26.2. The first kappa shape index (κ1) is 38.1. The lowest BCUT2D eigenvalue weighted by molar-refractivity contribution is -0.492. The van der Waals surface area contributed by atoms with E-state index in [4.69, 9.17) is 19.9 Å². The van der Waals surface area contributed by atoms with Gasteiger partial charge >= 0.3 is 11.9 Å². The molecule has 5 atom stereocenters. The summed E-state index contributed by atoms with van der Waals surface area (Å²) in [5.74, 6) is -1.58. The van der Waals surface area contributed by atoms with Crippen molar-refractivity contribution < 1.29 is 49.3 Å². The molecule has 252 valence electrons. The number of allylic oxidation sites excluding steroid dienone is 2. The topological polar surface area (TPSA) is 175 Å². The van der Waals surface area contributed by atoms with Crippen LogP contribution in [0.5, 0.6) is 0 Å². The van der Waals surface area contributed by atoms with Gasteiger partial charge in [-0.15, -0.1) is 0 Å². The molecule has 1 amide bonds. The number of benzene rings is 1. The number of unbranched alkanes of at least 4 members (excludes halogenated alkanes) is 2. The standard InChI is InChI=1S/C33H50N2O10/c1-2-34-31(38)15-9-4-3-8-14-27-28(30(37)24-29(27)36)19-18-26(17-16-25-12-6-5-7-13-25)45-33(40)21-20-32(39)43-22-10-11-23-44-35(41)42/h3,5-8,12-13,18-19,26-30,36-37,41-42H,2,4,9-11,14-17,20-24H2,1H3,(H,34,38)/b8-3-,19-18+/t26-,27+,28+,29-,30+/m0/s1. The van der Waals surface area contributed by atoms with Crippen molar-refractivity contribution in [1.29, 1.82) is 0 Å². The first-order valence-corrected chi connectivity index (χ1v) is 15.9. The van der Waals surface area contributed by atoms with Gasteiger partial charge in [0.1, 0.15) is 6.10 Å². The Morgan fingerprint density at radius 2 is 1.71 bits per heavy atom. The quantitative estimate of drug-likeness (QED) is 0.0543. The molecule has 0 aliphatic heterocycles. The molecule has 0 aromatic heterocycles. The number of hydrogen-bond acceptors (Lipinski definition) is 11. The maximum absolute atomic E-state index is 12.7. The molecule has 45 heavy (non-hydrogen) atoms. The average Bonchev–Trinajstić information content (AvgIpc) is 3.28. The van der Waals surface area contributed by atoms with Gasteiger partial charge in [-0.05, 0) is 69.4 Å². The highest BCUT2D eigenvalue weighted by Crippen LogP contribution is 2.36. The van der Waals surface area contributed by atoms with Gasteiger partial charge in [0.15, 0.2) is 0 Å². The number of aliphatic hydroxyl groups excluding tert-OH is 2. The van der Waals surface area contributed by atoms with E-state index in [9.17, 15) is 24.6 Å². The summed E-state index contributed by atoms with van der Waals surface area (Å²) in [5, 5.41) is 40.7. The van der Waals surface area contributed by atoms with Gasteiger partial charge in [0, 0.05) is 25.3 Å². The van der Waals surface area contributed by atoms with Crippen molar-refractivity contribution >= 4 is 17.8 Å². The molecule has 1 aliphatic rings. The van der Waals surface area contributed by atoms with Crippen LogP contribution in [-0.4, -0.2) is 81.9 Å². The van der Waals surface area contributed by atoms with Crippen LogP contribution in [0.2, 0.25) is 0 Å². The Labute approximate surface area is 265 Å². The van der Waals surface area contributed by atoms with Crippen LogP contribution in [0.3, 0.4) is 0 Å². The van der Waals surface area contributed by atoms with E-state index in [0.29, 0.717) is 45.1 Å². The minimum atomic E-state index is -0.731. The summed E-state index contributed by atoms with van der Waals surface area (Å²) in [7, 11) is 0. The molecule has 1 fully saturated rings. The molecule has 0 heterocycles. The van der Waals surface area contributed by atoms with E-state index in [1.807, 2.05) is 55.5 Å². The summed E-state index contributed by atoms with van der Waals surface area (Å²) in [6, 6.07) is 9.78. The van der Waals surface area contributed by atoms with Crippen molar-refractivity contribution in [2.75, 3.05) is 19.8 Å². The molecule has 1 saturated carbocycles. The van der Waals surface area contributed by atoms with Crippen molar-refractivity contribution in [3.8, 4) is 0 Å². The number of esters is 2. The number of carbonyl (C=O) groups excluding carboxylic acids is 3. The van der Waals surface area contributed by atoms with E-state index in [0.717, 1.165) is 18.4 Å². The zero-order valence-corrected chi connectivity index (χ0v) is 26.2. The molecule has 0 unspecified atom stereocenters. The molecule has 0 saturated heterocycles. The fraction of sp³-hybridized carbons (Fsp3) is 0.606. The highest BCUT2D eigenvalue weighted by molar-refractivity contribution is 5.77. The molecule has 1 aromatic rings. The monoisotopic (exact) mass is 634 g/mol. The van der Waals surface area contributed by atoms with Crippen LogP contribution >= 0.6 is 0 Å². The maximum atomic E-state index is 12.7. The van der Waals surface area contributed by atoms with Gasteiger partial charge in [-0.1, -0.05) is 48.6 Å². The third-order valence-corrected chi connectivity index (χ3v) is 7.57. The third kappa shape index (κ3) is 16.7. The van der Waals surface area contributed by atoms with Crippen LogP contribution in [0.25, 0.3) is 0 Å². The van der Waals surface area contributed by atoms with E-state index < -0.39 is 30.3 Å². The van der Waals surface area contributed by atoms with Crippen molar-refractivity contribution in [3.63, 3.8) is 0 Å². The normalized spacial score (nSPS) is 20.6. The van der Waals surface area contributed by atoms with E-state index >= 15 is 0 Å². The van der Waals surface area contributed by atoms with Gasteiger partial charge in [-0.3, -0.25) is 29.6 Å². The van der Waals surface area contributed by atoms with Crippen LogP contribution < -0.4 is 5.32 Å². The predicted molar refractivity (Wildman–Crippen MR) is 164 cm³/mol. The summed E-state index contributed by atoms with van der Waals surface area (Å²) in [5.41, 5.74) is 1.08. The molecule has 1 aliphatic carbocycles. The molecular formula is C33H50N2O10. The largest absolute Gasteiger partial charge is 0.466 e. The number of aliphatic hydroxyl groups is 2. The van der Waals surface area contributed by atoms with Crippen LogP contribution in [-0.2, 0) is 35.1 Å². The molecule has 5 N–H and O–H groups in total. The smallest absolute Gasteiger partial charge is 0.306 e.